The van der Waals surface area contributed by atoms with E-state index in [0.29, 0.717) is 22.5 Å². The molecule has 0 spiro atoms. The number of carboxylic acids is 1. The van der Waals surface area contributed by atoms with Crippen LogP contribution in [0.2, 0.25) is 0 Å². The quantitative estimate of drug-likeness (QED) is 0.634. The van der Waals surface area contributed by atoms with Crippen molar-refractivity contribution in [1.29, 1.82) is 0 Å². The van der Waals surface area contributed by atoms with Crippen LogP contribution in [0, 0.1) is 0 Å². The zero-order valence-corrected chi connectivity index (χ0v) is 11.3. The lowest BCUT2D eigenvalue weighted by molar-refractivity contribution is 0.0661. The maximum Gasteiger partial charge on any atom is 0.371 e. The molecular weight excluding hydrogens is 268 g/mol. The first-order chi connectivity index (χ1) is 8.99. The number of nitrogens with two attached hydrogens (primary N) is 1. The minimum Gasteiger partial charge on any atom is -0.475 e. The van der Waals surface area contributed by atoms with Gasteiger partial charge in [-0.15, -0.1) is 10.2 Å². The lowest BCUT2D eigenvalue weighted by Gasteiger charge is -2.04. The summed E-state index contributed by atoms with van der Waals surface area (Å²) in [5, 5.41) is 17.3. The zero-order chi connectivity index (χ0) is 14.0. The fourth-order valence-electron chi connectivity index (χ4n) is 1.49. The van der Waals surface area contributed by atoms with Gasteiger partial charge in [-0.25, -0.2) is 9.47 Å². The van der Waals surface area contributed by atoms with Gasteiger partial charge in [0.2, 0.25) is 10.9 Å². The molecule has 2 heterocycles. The lowest BCUT2D eigenvalue weighted by Crippen LogP contribution is -2.14. The number of hydrogen-bond donors (Lipinski definition) is 2. The predicted octanol–water partition coefficient (Wildman–Crippen LogP) is 1.70. The smallest absolute Gasteiger partial charge is 0.371 e. The van der Waals surface area contributed by atoms with Crippen LogP contribution in [0.5, 0.6) is 0 Å². The van der Waals surface area contributed by atoms with Crippen LogP contribution in [0.3, 0.4) is 0 Å². The van der Waals surface area contributed by atoms with Gasteiger partial charge in [-0.3, -0.25) is 0 Å². The highest BCUT2D eigenvalue weighted by Crippen LogP contribution is 2.23. The molecule has 0 radical (unpaired) electrons. The fourth-order valence-corrected chi connectivity index (χ4v) is 2.24. The number of carboxylic acid groups (broad SMARTS) is 1. The van der Waals surface area contributed by atoms with Gasteiger partial charge in [-0.1, -0.05) is 25.6 Å². The molecule has 102 valence electrons. The Morgan fingerprint density at radius 2 is 2.26 bits per heavy atom. The Hall–Kier alpha value is -1.96. The van der Waals surface area contributed by atoms with Crippen molar-refractivity contribution in [2.24, 2.45) is 0 Å². The Labute approximate surface area is 113 Å². The highest BCUT2D eigenvalue weighted by Gasteiger charge is 2.14. The number of nitrogens with zero attached hydrogens (tertiary/aromatic N) is 3. The molecular formula is C11H14N4O3S. The summed E-state index contributed by atoms with van der Waals surface area (Å²) in [4.78, 5) is 10.7. The first kappa shape index (κ1) is 13.5. The lowest BCUT2D eigenvalue weighted by atomic mass is 10.2. The van der Waals surface area contributed by atoms with E-state index < -0.39 is 5.97 Å². The molecule has 0 aromatic carbocycles. The molecule has 2 aromatic heterocycles. The van der Waals surface area contributed by atoms with Crippen molar-refractivity contribution in [2.75, 3.05) is 5.84 Å². The molecule has 8 heteroatoms. The summed E-state index contributed by atoms with van der Waals surface area (Å²) < 4.78 is 6.58. The average molecular weight is 282 g/mol. The number of nitrogen functional groups attached to an aromatic ring is 1. The van der Waals surface area contributed by atoms with E-state index in [4.69, 9.17) is 15.4 Å². The molecule has 0 aliphatic rings. The van der Waals surface area contributed by atoms with Gasteiger partial charge >= 0.3 is 5.97 Å². The number of aromatic nitrogens is 3. The first-order valence-electron chi connectivity index (χ1n) is 5.64. The normalized spacial score (nSPS) is 11.1. The summed E-state index contributed by atoms with van der Waals surface area (Å²) in [6.45, 7) is 3.96. The molecule has 0 amide bonds. The summed E-state index contributed by atoms with van der Waals surface area (Å²) in [7, 11) is 0. The number of carbonyl (C=O) groups is 1. The predicted molar refractivity (Wildman–Crippen MR) is 69.5 cm³/mol. The Kier molecular flexibility index (Phi) is 3.79. The Bertz CT molecular complexity index is 591. The molecule has 3 N–H and O–H groups in total. The van der Waals surface area contributed by atoms with Crippen molar-refractivity contribution >= 4 is 17.7 Å². The van der Waals surface area contributed by atoms with Gasteiger partial charge in [0.1, 0.15) is 5.76 Å². The van der Waals surface area contributed by atoms with Crippen molar-refractivity contribution in [3.8, 4) is 0 Å². The highest BCUT2D eigenvalue weighted by atomic mass is 32.2. The standard InChI is InChI=1S/C11H14N4O3S/c1-6(2)9-13-14-11(15(9)12)19-5-7-3-4-8(18-7)10(16)17/h3-4,6H,5,12H2,1-2H3,(H,16,17). The van der Waals surface area contributed by atoms with Gasteiger partial charge in [0.05, 0.1) is 5.75 Å². The molecule has 19 heavy (non-hydrogen) atoms. The second kappa shape index (κ2) is 5.35. The Morgan fingerprint density at radius 1 is 1.53 bits per heavy atom. The molecule has 0 saturated heterocycles. The van der Waals surface area contributed by atoms with Crippen LogP contribution < -0.4 is 5.84 Å². The largest absolute Gasteiger partial charge is 0.475 e. The maximum absolute atomic E-state index is 10.7. The van der Waals surface area contributed by atoms with E-state index in [0.717, 1.165) is 0 Å². The molecule has 0 unspecified atom stereocenters. The number of hydrogen-bond acceptors (Lipinski definition) is 6. The summed E-state index contributed by atoms with van der Waals surface area (Å²) in [6.07, 6.45) is 0. The minimum atomic E-state index is -1.08. The van der Waals surface area contributed by atoms with Crippen molar-refractivity contribution in [1.82, 2.24) is 14.9 Å². The van der Waals surface area contributed by atoms with Crippen LogP contribution in [0.4, 0.5) is 0 Å². The van der Waals surface area contributed by atoms with Gasteiger partial charge in [0.25, 0.3) is 0 Å². The van der Waals surface area contributed by atoms with Gasteiger partial charge in [0, 0.05) is 5.92 Å². The minimum absolute atomic E-state index is 0.0762. The second-order valence-electron chi connectivity index (χ2n) is 4.23. The zero-order valence-electron chi connectivity index (χ0n) is 10.5. The molecule has 7 nitrogen and oxygen atoms in total. The third-order valence-corrected chi connectivity index (χ3v) is 3.39. The molecule has 2 aromatic rings. The Morgan fingerprint density at radius 3 is 2.79 bits per heavy atom. The number of furan rings is 1. The van der Waals surface area contributed by atoms with E-state index in [9.17, 15) is 4.79 Å². The summed E-state index contributed by atoms with van der Waals surface area (Å²) >= 11 is 1.34. The first-order valence-corrected chi connectivity index (χ1v) is 6.62. The number of thioether (sulfide) groups is 1. The van der Waals surface area contributed by atoms with Crippen molar-refractivity contribution in [3.05, 3.63) is 29.5 Å². The molecule has 0 atom stereocenters. The van der Waals surface area contributed by atoms with E-state index in [1.54, 1.807) is 6.07 Å². The highest BCUT2D eigenvalue weighted by molar-refractivity contribution is 7.98. The third kappa shape index (κ3) is 2.90. The van der Waals surface area contributed by atoms with E-state index in [1.807, 2.05) is 13.8 Å². The molecule has 0 saturated carbocycles. The number of aromatic carboxylic acids is 1. The van der Waals surface area contributed by atoms with E-state index in [-0.39, 0.29) is 11.7 Å². The third-order valence-electron chi connectivity index (χ3n) is 2.42. The molecule has 0 fully saturated rings. The van der Waals surface area contributed by atoms with Crippen molar-refractivity contribution in [3.63, 3.8) is 0 Å². The van der Waals surface area contributed by atoms with Gasteiger partial charge < -0.3 is 15.4 Å². The van der Waals surface area contributed by atoms with Gasteiger partial charge in [-0.2, -0.15) is 0 Å². The van der Waals surface area contributed by atoms with Crippen LogP contribution in [-0.2, 0) is 5.75 Å². The van der Waals surface area contributed by atoms with E-state index in [2.05, 4.69) is 10.2 Å². The van der Waals surface area contributed by atoms with Crippen LogP contribution in [0.1, 0.15) is 41.9 Å². The molecule has 2 rings (SSSR count). The van der Waals surface area contributed by atoms with Crippen molar-refractivity contribution < 1.29 is 14.3 Å². The monoisotopic (exact) mass is 282 g/mol. The maximum atomic E-state index is 10.7. The molecule has 0 bridgehead atoms. The summed E-state index contributed by atoms with van der Waals surface area (Å²) in [5.74, 6) is 6.60. The van der Waals surface area contributed by atoms with Crippen LogP contribution in [0.25, 0.3) is 0 Å². The van der Waals surface area contributed by atoms with Crippen LogP contribution >= 0.6 is 11.8 Å². The van der Waals surface area contributed by atoms with Crippen LogP contribution in [-0.4, -0.2) is 25.9 Å². The number of rotatable bonds is 5. The van der Waals surface area contributed by atoms with E-state index in [1.165, 1.54) is 22.5 Å². The summed E-state index contributed by atoms with van der Waals surface area (Å²) in [5.41, 5.74) is 0. The van der Waals surface area contributed by atoms with Gasteiger partial charge in [0.15, 0.2) is 5.82 Å². The second-order valence-corrected chi connectivity index (χ2v) is 5.17. The van der Waals surface area contributed by atoms with Gasteiger partial charge in [-0.05, 0) is 12.1 Å². The topological polar surface area (TPSA) is 107 Å². The Balaban J connectivity index is 2.04. The SMILES string of the molecule is CC(C)c1nnc(SCc2ccc(C(=O)O)o2)n1N. The average Bonchev–Trinajstić information content (AvgIpc) is 2.93. The molecule has 0 aliphatic heterocycles. The fraction of sp³-hybridized carbons (Fsp3) is 0.364. The van der Waals surface area contributed by atoms with E-state index >= 15 is 0 Å². The van der Waals surface area contributed by atoms with Crippen molar-refractivity contribution in [2.45, 2.75) is 30.7 Å². The summed E-state index contributed by atoms with van der Waals surface area (Å²) in [6, 6.07) is 3.04. The molecule has 0 aliphatic carbocycles. The van der Waals surface area contributed by atoms with Crippen LogP contribution in [0.15, 0.2) is 21.7 Å².